The number of halogens is 1. The Morgan fingerprint density at radius 3 is 2.80 bits per heavy atom. The van der Waals surface area contributed by atoms with E-state index in [1.807, 2.05) is 0 Å². The smallest absolute Gasteiger partial charge is 0.0672 e. The topological polar surface area (TPSA) is 18.5 Å². The van der Waals surface area contributed by atoms with Gasteiger partial charge in [0.2, 0.25) is 0 Å². The van der Waals surface area contributed by atoms with E-state index in [4.69, 9.17) is 21.1 Å². The van der Waals surface area contributed by atoms with Crippen molar-refractivity contribution in [3.8, 4) is 0 Å². The van der Waals surface area contributed by atoms with Crippen molar-refractivity contribution in [2.45, 2.75) is 44.8 Å². The molecule has 2 aliphatic rings. The highest BCUT2D eigenvalue weighted by Crippen LogP contribution is 2.50. The third-order valence-electron chi connectivity index (χ3n) is 3.91. The Balaban J connectivity index is 2.04. The predicted molar refractivity (Wildman–Crippen MR) is 61.3 cm³/mol. The molecule has 0 spiro atoms. The van der Waals surface area contributed by atoms with Crippen molar-refractivity contribution < 1.29 is 9.47 Å². The highest BCUT2D eigenvalue weighted by Gasteiger charge is 2.50. The van der Waals surface area contributed by atoms with Gasteiger partial charge in [-0.25, -0.2) is 0 Å². The summed E-state index contributed by atoms with van der Waals surface area (Å²) in [4.78, 5) is 0. The van der Waals surface area contributed by atoms with Gasteiger partial charge in [-0.2, -0.15) is 0 Å². The molecule has 0 aromatic heterocycles. The third-order valence-corrected chi connectivity index (χ3v) is 4.45. The summed E-state index contributed by atoms with van der Waals surface area (Å²) in [7, 11) is 1.77. The first-order valence-electron chi connectivity index (χ1n) is 5.92. The lowest BCUT2D eigenvalue weighted by molar-refractivity contribution is 0.00511. The van der Waals surface area contributed by atoms with E-state index in [1.54, 1.807) is 7.11 Å². The van der Waals surface area contributed by atoms with Gasteiger partial charge in [0.05, 0.1) is 12.2 Å². The molecule has 3 atom stereocenters. The van der Waals surface area contributed by atoms with Crippen molar-refractivity contribution in [3.05, 3.63) is 0 Å². The molecule has 2 rings (SSSR count). The summed E-state index contributed by atoms with van der Waals surface area (Å²) in [6, 6.07) is 0. The van der Waals surface area contributed by atoms with Crippen LogP contribution in [-0.4, -0.2) is 31.8 Å². The largest absolute Gasteiger partial charge is 0.382 e. The Bertz CT molecular complexity index is 218. The van der Waals surface area contributed by atoms with Crippen LogP contribution in [0.15, 0.2) is 0 Å². The first-order chi connectivity index (χ1) is 7.22. The molecule has 1 saturated carbocycles. The second-order valence-electron chi connectivity index (χ2n) is 5.13. The van der Waals surface area contributed by atoms with E-state index in [2.05, 4.69) is 6.92 Å². The molecule has 0 N–H and O–H groups in total. The van der Waals surface area contributed by atoms with E-state index >= 15 is 0 Å². The molecule has 0 bridgehead atoms. The highest BCUT2D eigenvalue weighted by molar-refractivity contribution is 6.18. The van der Waals surface area contributed by atoms with Gasteiger partial charge in [0.1, 0.15) is 0 Å². The van der Waals surface area contributed by atoms with Crippen LogP contribution in [0.2, 0.25) is 0 Å². The Morgan fingerprint density at radius 1 is 1.53 bits per heavy atom. The average Bonchev–Trinajstić information content (AvgIpc) is 3.01. The van der Waals surface area contributed by atoms with Crippen LogP contribution in [0, 0.1) is 11.3 Å². The molecule has 15 heavy (non-hydrogen) atoms. The maximum absolute atomic E-state index is 6.20. The zero-order valence-electron chi connectivity index (χ0n) is 9.67. The molecular formula is C12H21ClO2. The quantitative estimate of drug-likeness (QED) is 0.679. The normalized spacial score (nSPS) is 38.2. The Kier molecular flexibility index (Phi) is 3.59. The second kappa shape index (κ2) is 4.60. The highest BCUT2D eigenvalue weighted by atomic mass is 35.5. The molecule has 0 radical (unpaired) electrons. The Labute approximate surface area is 97.3 Å². The Hall–Kier alpha value is 0.210. The average molecular weight is 233 g/mol. The maximum Gasteiger partial charge on any atom is 0.0672 e. The molecule has 1 saturated heterocycles. The van der Waals surface area contributed by atoms with Crippen molar-refractivity contribution in [1.82, 2.24) is 0 Å². The van der Waals surface area contributed by atoms with Gasteiger partial charge in [0.25, 0.3) is 0 Å². The summed E-state index contributed by atoms with van der Waals surface area (Å²) in [5.41, 5.74) is 0.179. The van der Waals surface area contributed by atoms with Crippen LogP contribution in [0.1, 0.15) is 32.6 Å². The van der Waals surface area contributed by atoms with Crippen molar-refractivity contribution in [2.24, 2.45) is 11.3 Å². The standard InChI is InChI=1S/C12H21ClO2/c1-9(14-2)7-12(8-13)5-6-15-11(12)10-3-4-10/h9-11H,3-8H2,1-2H3. The summed E-state index contributed by atoms with van der Waals surface area (Å²) >= 11 is 6.20. The molecule has 0 aromatic rings. The Morgan fingerprint density at radius 2 is 2.27 bits per heavy atom. The fraction of sp³-hybridized carbons (Fsp3) is 1.00. The number of alkyl halides is 1. The minimum absolute atomic E-state index is 0.179. The summed E-state index contributed by atoms with van der Waals surface area (Å²) in [5.74, 6) is 1.48. The maximum atomic E-state index is 6.20. The second-order valence-corrected chi connectivity index (χ2v) is 5.39. The number of methoxy groups -OCH3 is 1. The van der Waals surface area contributed by atoms with Crippen LogP contribution in [-0.2, 0) is 9.47 Å². The number of hydrogen-bond acceptors (Lipinski definition) is 2. The molecule has 3 unspecified atom stereocenters. The van der Waals surface area contributed by atoms with Gasteiger partial charge in [-0.05, 0) is 38.5 Å². The first-order valence-corrected chi connectivity index (χ1v) is 6.45. The SMILES string of the molecule is COC(C)CC1(CCl)CCOC1C1CC1. The van der Waals surface area contributed by atoms with Gasteiger partial charge in [-0.15, -0.1) is 11.6 Å². The zero-order valence-corrected chi connectivity index (χ0v) is 10.4. The minimum Gasteiger partial charge on any atom is -0.382 e. The van der Waals surface area contributed by atoms with Crippen LogP contribution in [0.5, 0.6) is 0 Å². The monoisotopic (exact) mass is 232 g/mol. The van der Waals surface area contributed by atoms with E-state index in [-0.39, 0.29) is 11.5 Å². The molecule has 1 aliphatic carbocycles. The molecule has 2 fully saturated rings. The van der Waals surface area contributed by atoms with Gasteiger partial charge < -0.3 is 9.47 Å². The fourth-order valence-corrected chi connectivity index (χ4v) is 3.21. The van der Waals surface area contributed by atoms with Crippen molar-refractivity contribution in [2.75, 3.05) is 19.6 Å². The van der Waals surface area contributed by atoms with Gasteiger partial charge in [0, 0.05) is 25.0 Å². The molecular weight excluding hydrogens is 212 g/mol. The molecule has 0 aromatic carbocycles. The van der Waals surface area contributed by atoms with Gasteiger partial charge >= 0.3 is 0 Å². The number of ether oxygens (including phenoxy) is 2. The number of rotatable bonds is 5. The molecule has 88 valence electrons. The first kappa shape index (κ1) is 11.7. The van der Waals surface area contributed by atoms with Crippen LogP contribution < -0.4 is 0 Å². The zero-order chi connectivity index (χ0) is 10.9. The fourth-order valence-electron chi connectivity index (χ4n) is 2.81. The number of hydrogen-bond donors (Lipinski definition) is 0. The summed E-state index contributed by atoms with van der Waals surface area (Å²) in [6.07, 6.45) is 5.47. The van der Waals surface area contributed by atoms with Crippen LogP contribution in [0.4, 0.5) is 0 Å². The van der Waals surface area contributed by atoms with E-state index in [9.17, 15) is 0 Å². The van der Waals surface area contributed by atoms with Crippen LogP contribution >= 0.6 is 11.6 Å². The van der Waals surface area contributed by atoms with E-state index in [0.29, 0.717) is 12.0 Å². The molecule has 1 heterocycles. The molecule has 3 heteroatoms. The molecule has 2 nitrogen and oxygen atoms in total. The van der Waals surface area contributed by atoms with Gasteiger partial charge in [-0.1, -0.05) is 0 Å². The molecule has 0 amide bonds. The van der Waals surface area contributed by atoms with E-state index < -0.39 is 0 Å². The van der Waals surface area contributed by atoms with Crippen molar-refractivity contribution in [3.63, 3.8) is 0 Å². The summed E-state index contributed by atoms with van der Waals surface area (Å²) < 4.78 is 11.3. The van der Waals surface area contributed by atoms with Crippen LogP contribution in [0.25, 0.3) is 0 Å². The van der Waals surface area contributed by atoms with Crippen LogP contribution in [0.3, 0.4) is 0 Å². The van der Waals surface area contributed by atoms with Gasteiger partial charge in [0.15, 0.2) is 0 Å². The lowest BCUT2D eigenvalue weighted by atomic mass is 9.76. The molecule has 1 aliphatic heterocycles. The third kappa shape index (κ3) is 2.32. The summed E-state index contributed by atoms with van der Waals surface area (Å²) in [5, 5.41) is 0. The predicted octanol–water partition coefficient (Wildman–Crippen LogP) is 2.84. The lowest BCUT2D eigenvalue weighted by Crippen LogP contribution is -2.37. The summed E-state index contributed by atoms with van der Waals surface area (Å²) in [6.45, 7) is 3.00. The lowest BCUT2D eigenvalue weighted by Gasteiger charge is -2.34. The van der Waals surface area contributed by atoms with Crippen molar-refractivity contribution >= 4 is 11.6 Å². The van der Waals surface area contributed by atoms with Gasteiger partial charge in [-0.3, -0.25) is 0 Å². The van der Waals surface area contributed by atoms with E-state index in [0.717, 1.165) is 25.4 Å². The van der Waals surface area contributed by atoms with E-state index in [1.165, 1.54) is 12.8 Å². The minimum atomic E-state index is 0.179. The van der Waals surface area contributed by atoms with Crippen molar-refractivity contribution in [1.29, 1.82) is 0 Å².